The van der Waals surface area contributed by atoms with Gasteiger partial charge in [0.1, 0.15) is 5.75 Å². The van der Waals surface area contributed by atoms with Gasteiger partial charge in [0.15, 0.2) is 0 Å². The van der Waals surface area contributed by atoms with Crippen LogP contribution in [0.3, 0.4) is 0 Å². The topological polar surface area (TPSA) is 66.8 Å². The molecule has 0 aromatic heterocycles. The summed E-state index contributed by atoms with van der Waals surface area (Å²) in [5, 5.41) is 9.64. The lowest BCUT2D eigenvalue weighted by Crippen LogP contribution is -2.36. The molecule has 0 saturated carbocycles. The highest BCUT2D eigenvalue weighted by Gasteiger charge is 2.25. The van der Waals surface area contributed by atoms with Gasteiger partial charge in [-0.3, -0.25) is 9.59 Å². The molecule has 5 heteroatoms. The SMILES string of the molecule is COc1ccc(C(CC(=O)O)c2ccc3c(c2)CN(C(=O)c2ccc(C)c(C)c2)CC3)c(C)c1. The van der Waals surface area contributed by atoms with Crippen molar-refractivity contribution in [2.45, 2.75) is 46.1 Å². The van der Waals surface area contributed by atoms with E-state index in [-0.39, 0.29) is 18.2 Å². The summed E-state index contributed by atoms with van der Waals surface area (Å²) in [6.45, 7) is 7.24. The second kappa shape index (κ2) is 9.72. The van der Waals surface area contributed by atoms with Gasteiger partial charge in [0.25, 0.3) is 5.91 Å². The standard InChI is InChI=1S/C29H31NO4/c1-18-5-6-23(13-19(18)2)29(33)30-12-11-21-7-8-22(15-24(21)17-30)27(16-28(31)32)26-10-9-25(34-4)14-20(26)3/h5-10,13-15,27H,11-12,16-17H2,1-4H3,(H,31,32). The lowest BCUT2D eigenvalue weighted by molar-refractivity contribution is -0.137. The third-order valence-corrected chi connectivity index (χ3v) is 6.92. The van der Waals surface area contributed by atoms with Crippen molar-refractivity contribution >= 4 is 11.9 Å². The minimum absolute atomic E-state index is 0.00273. The maximum absolute atomic E-state index is 13.2. The molecule has 0 aliphatic carbocycles. The van der Waals surface area contributed by atoms with Crippen LogP contribution in [0.25, 0.3) is 0 Å². The van der Waals surface area contributed by atoms with E-state index in [0.717, 1.165) is 40.0 Å². The highest BCUT2D eigenvalue weighted by molar-refractivity contribution is 5.94. The lowest BCUT2D eigenvalue weighted by atomic mass is 9.84. The van der Waals surface area contributed by atoms with Crippen molar-refractivity contribution in [3.63, 3.8) is 0 Å². The average Bonchev–Trinajstić information content (AvgIpc) is 2.83. The van der Waals surface area contributed by atoms with Gasteiger partial charge in [0.2, 0.25) is 0 Å². The van der Waals surface area contributed by atoms with Crippen LogP contribution in [-0.4, -0.2) is 35.5 Å². The van der Waals surface area contributed by atoms with Gasteiger partial charge in [0, 0.05) is 24.6 Å². The van der Waals surface area contributed by atoms with Crippen LogP contribution in [0.5, 0.6) is 5.75 Å². The Bertz CT molecular complexity index is 1250. The highest BCUT2D eigenvalue weighted by Crippen LogP contribution is 2.34. The fourth-order valence-electron chi connectivity index (χ4n) is 4.77. The molecular weight excluding hydrogens is 426 g/mol. The number of aliphatic carboxylic acids is 1. The van der Waals surface area contributed by atoms with E-state index >= 15 is 0 Å². The largest absolute Gasteiger partial charge is 0.497 e. The number of aryl methyl sites for hydroxylation is 3. The third kappa shape index (κ3) is 4.84. The average molecular weight is 458 g/mol. The summed E-state index contributed by atoms with van der Waals surface area (Å²) in [7, 11) is 1.62. The summed E-state index contributed by atoms with van der Waals surface area (Å²) in [5.74, 6) is -0.336. The van der Waals surface area contributed by atoms with Gasteiger partial charge < -0.3 is 14.7 Å². The van der Waals surface area contributed by atoms with Gasteiger partial charge >= 0.3 is 5.97 Å². The van der Waals surface area contributed by atoms with Crippen LogP contribution in [0.2, 0.25) is 0 Å². The molecule has 1 heterocycles. The molecule has 3 aromatic rings. The molecule has 0 fully saturated rings. The Morgan fingerprint density at radius 3 is 2.41 bits per heavy atom. The van der Waals surface area contributed by atoms with E-state index in [2.05, 4.69) is 12.1 Å². The zero-order chi connectivity index (χ0) is 24.4. The maximum atomic E-state index is 13.2. The Morgan fingerprint density at radius 2 is 1.74 bits per heavy atom. The quantitative estimate of drug-likeness (QED) is 0.536. The van der Waals surface area contributed by atoms with Crippen LogP contribution in [0.1, 0.15) is 61.6 Å². The molecule has 4 rings (SSSR count). The van der Waals surface area contributed by atoms with Gasteiger partial charge in [0.05, 0.1) is 13.5 Å². The first kappa shape index (κ1) is 23.6. The second-order valence-electron chi connectivity index (χ2n) is 9.18. The van der Waals surface area contributed by atoms with Crippen molar-refractivity contribution in [2.75, 3.05) is 13.7 Å². The molecule has 1 unspecified atom stereocenters. The first-order valence-electron chi connectivity index (χ1n) is 11.6. The molecule has 0 saturated heterocycles. The number of carboxylic acids is 1. The number of benzene rings is 3. The molecule has 1 aliphatic rings. The molecule has 0 spiro atoms. The Balaban J connectivity index is 1.64. The summed E-state index contributed by atoms with van der Waals surface area (Å²) >= 11 is 0. The van der Waals surface area contributed by atoms with Gasteiger partial charge in [-0.1, -0.05) is 30.3 Å². The minimum Gasteiger partial charge on any atom is -0.497 e. The number of amides is 1. The summed E-state index contributed by atoms with van der Waals surface area (Å²) in [6, 6.07) is 17.8. The smallest absolute Gasteiger partial charge is 0.304 e. The Morgan fingerprint density at radius 1 is 0.941 bits per heavy atom. The van der Waals surface area contributed by atoms with E-state index in [1.165, 1.54) is 11.1 Å². The number of hydrogen-bond donors (Lipinski definition) is 1. The van der Waals surface area contributed by atoms with Crippen LogP contribution in [0.15, 0.2) is 54.6 Å². The summed E-state index contributed by atoms with van der Waals surface area (Å²) in [5.41, 5.74) is 8.21. The monoisotopic (exact) mass is 457 g/mol. The number of methoxy groups -OCH3 is 1. The van der Waals surface area contributed by atoms with E-state index < -0.39 is 5.97 Å². The van der Waals surface area contributed by atoms with Crippen molar-refractivity contribution in [3.05, 3.63) is 99.1 Å². The molecule has 0 radical (unpaired) electrons. The second-order valence-corrected chi connectivity index (χ2v) is 9.18. The van der Waals surface area contributed by atoms with Crippen LogP contribution < -0.4 is 4.74 Å². The lowest BCUT2D eigenvalue weighted by Gasteiger charge is -2.30. The van der Waals surface area contributed by atoms with Crippen LogP contribution in [0.4, 0.5) is 0 Å². The third-order valence-electron chi connectivity index (χ3n) is 6.92. The summed E-state index contributed by atoms with van der Waals surface area (Å²) in [6.07, 6.45) is 0.786. The molecule has 0 bridgehead atoms. The van der Waals surface area contributed by atoms with Gasteiger partial charge in [-0.25, -0.2) is 0 Å². The molecule has 1 N–H and O–H groups in total. The summed E-state index contributed by atoms with van der Waals surface area (Å²) < 4.78 is 5.32. The van der Waals surface area contributed by atoms with Gasteiger partial charge in [-0.05, 0) is 90.4 Å². The number of hydrogen-bond acceptors (Lipinski definition) is 3. The van der Waals surface area contributed by atoms with E-state index in [9.17, 15) is 14.7 Å². The van der Waals surface area contributed by atoms with Gasteiger partial charge in [-0.15, -0.1) is 0 Å². The predicted molar refractivity (Wildman–Crippen MR) is 133 cm³/mol. The van der Waals surface area contributed by atoms with Crippen molar-refractivity contribution < 1.29 is 19.4 Å². The van der Waals surface area contributed by atoms with Crippen LogP contribution in [0, 0.1) is 20.8 Å². The first-order chi connectivity index (χ1) is 16.3. The van der Waals surface area contributed by atoms with Crippen molar-refractivity contribution in [2.24, 2.45) is 0 Å². The number of rotatable bonds is 6. The van der Waals surface area contributed by atoms with E-state index in [4.69, 9.17) is 4.74 Å². The van der Waals surface area contributed by atoms with E-state index in [0.29, 0.717) is 18.7 Å². The fourth-order valence-corrected chi connectivity index (χ4v) is 4.77. The number of fused-ring (bicyclic) bond motifs is 1. The van der Waals surface area contributed by atoms with Crippen LogP contribution in [-0.2, 0) is 17.8 Å². The highest BCUT2D eigenvalue weighted by atomic mass is 16.5. The number of carbonyl (C=O) groups excluding carboxylic acids is 1. The van der Waals surface area contributed by atoms with Crippen molar-refractivity contribution in [1.82, 2.24) is 4.90 Å². The summed E-state index contributed by atoms with van der Waals surface area (Å²) in [4.78, 5) is 26.8. The Hall–Kier alpha value is -3.60. The molecule has 5 nitrogen and oxygen atoms in total. The number of carbonyl (C=O) groups is 2. The molecule has 176 valence electrons. The van der Waals surface area contributed by atoms with E-state index in [1.807, 2.05) is 68.1 Å². The number of carboxylic acid groups (broad SMARTS) is 1. The normalized spacial score (nSPS) is 13.8. The molecule has 34 heavy (non-hydrogen) atoms. The zero-order valence-corrected chi connectivity index (χ0v) is 20.2. The van der Waals surface area contributed by atoms with Crippen molar-refractivity contribution in [1.29, 1.82) is 0 Å². The molecule has 1 amide bonds. The van der Waals surface area contributed by atoms with E-state index in [1.54, 1.807) is 7.11 Å². The molecule has 3 aromatic carbocycles. The molecule has 1 aliphatic heterocycles. The number of ether oxygens (including phenoxy) is 1. The maximum Gasteiger partial charge on any atom is 0.304 e. The van der Waals surface area contributed by atoms with Crippen molar-refractivity contribution in [3.8, 4) is 5.75 Å². The minimum atomic E-state index is -0.843. The Kier molecular flexibility index (Phi) is 6.73. The van der Waals surface area contributed by atoms with Crippen LogP contribution >= 0.6 is 0 Å². The predicted octanol–water partition coefficient (Wildman–Crippen LogP) is 5.43. The number of nitrogens with zero attached hydrogens (tertiary/aromatic N) is 1. The molecule has 1 atom stereocenters. The van der Waals surface area contributed by atoms with Gasteiger partial charge in [-0.2, -0.15) is 0 Å². The Labute approximate surface area is 201 Å². The first-order valence-corrected chi connectivity index (χ1v) is 11.6. The molecular formula is C29H31NO4. The fraction of sp³-hybridized carbons (Fsp3) is 0.310. The zero-order valence-electron chi connectivity index (χ0n) is 20.2.